The standard InChI is InChI=1S/C16H15F3N4O/c1-16(14(15(18)19)24-7-13(20)23-16)11-4-9(2-3-12(11)17)10-5-21-8-22-6-10/h2-6,8,14-15H,7H2,1H3,(H2,20,23)/t14-,16+/m0/s1. The topological polar surface area (TPSA) is 73.4 Å². The monoisotopic (exact) mass is 336 g/mol. The van der Waals surface area contributed by atoms with Crippen molar-refractivity contribution in [3.63, 3.8) is 0 Å². The van der Waals surface area contributed by atoms with E-state index in [0.29, 0.717) is 11.1 Å². The zero-order chi connectivity index (χ0) is 17.3. The van der Waals surface area contributed by atoms with Gasteiger partial charge in [0.25, 0.3) is 6.43 Å². The third kappa shape index (κ3) is 2.84. The van der Waals surface area contributed by atoms with E-state index in [1.54, 1.807) is 12.4 Å². The Balaban J connectivity index is 2.14. The predicted molar refractivity (Wildman–Crippen MR) is 82.1 cm³/mol. The Bertz CT molecular complexity index is 769. The molecule has 2 atom stereocenters. The molecule has 0 saturated heterocycles. The van der Waals surface area contributed by atoms with E-state index in [0.717, 1.165) is 0 Å². The fourth-order valence-electron chi connectivity index (χ4n) is 2.80. The first-order valence-electron chi connectivity index (χ1n) is 7.21. The fourth-order valence-corrected chi connectivity index (χ4v) is 2.80. The molecule has 0 bridgehead atoms. The van der Waals surface area contributed by atoms with Gasteiger partial charge in [-0.2, -0.15) is 0 Å². The maximum Gasteiger partial charge on any atom is 0.267 e. The highest BCUT2D eigenvalue weighted by Gasteiger charge is 2.46. The first-order valence-corrected chi connectivity index (χ1v) is 7.21. The van der Waals surface area contributed by atoms with Gasteiger partial charge in [0, 0.05) is 23.5 Å². The van der Waals surface area contributed by atoms with Gasteiger partial charge in [0.15, 0.2) is 0 Å². The number of hydrogen-bond donors (Lipinski definition) is 1. The van der Waals surface area contributed by atoms with E-state index >= 15 is 0 Å². The highest BCUT2D eigenvalue weighted by molar-refractivity contribution is 5.83. The minimum Gasteiger partial charge on any atom is -0.386 e. The summed E-state index contributed by atoms with van der Waals surface area (Å²) in [6, 6.07) is 4.18. The van der Waals surface area contributed by atoms with Crippen LogP contribution >= 0.6 is 0 Å². The number of ether oxygens (including phenoxy) is 1. The lowest BCUT2D eigenvalue weighted by molar-refractivity contribution is -0.0883. The maximum atomic E-state index is 14.4. The molecule has 126 valence electrons. The molecule has 0 unspecified atom stereocenters. The van der Waals surface area contributed by atoms with E-state index in [2.05, 4.69) is 15.0 Å². The second-order valence-corrected chi connectivity index (χ2v) is 5.64. The van der Waals surface area contributed by atoms with Gasteiger partial charge in [-0.1, -0.05) is 6.07 Å². The second kappa shape index (κ2) is 6.20. The number of benzene rings is 1. The van der Waals surface area contributed by atoms with Gasteiger partial charge in [-0.25, -0.2) is 23.1 Å². The van der Waals surface area contributed by atoms with E-state index in [1.165, 1.54) is 31.5 Å². The lowest BCUT2D eigenvalue weighted by Gasteiger charge is -2.38. The Morgan fingerprint density at radius 1 is 1.25 bits per heavy atom. The molecule has 0 saturated carbocycles. The predicted octanol–water partition coefficient (Wildman–Crippen LogP) is 2.52. The molecular weight excluding hydrogens is 321 g/mol. The summed E-state index contributed by atoms with van der Waals surface area (Å²) in [5.74, 6) is -0.618. The molecule has 2 N–H and O–H groups in total. The lowest BCUT2D eigenvalue weighted by Crippen LogP contribution is -2.49. The second-order valence-electron chi connectivity index (χ2n) is 5.64. The normalized spacial score (nSPS) is 24.0. The highest BCUT2D eigenvalue weighted by Crippen LogP contribution is 2.39. The minimum absolute atomic E-state index is 0.0168. The molecule has 1 aromatic heterocycles. The smallest absolute Gasteiger partial charge is 0.267 e. The zero-order valence-electron chi connectivity index (χ0n) is 12.8. The van der Waals surface area contributed by atoms with Crippen molar-refractivity contribution < 1.29 is 17.9 Å². The van der Waals surface area contributed by atoms with Crippen LogP contribution < -0.4 is 5.73 Å². The molecule has 1 aliphatic heterocycles. The number of aliphatic imine (C=N–C) groups is 1. The molecule has 3 rings (SSSR count). The quantitative estimate of drug-likeness (QED) is 0.935. The van der Waals surface area contributed by atoms with Gasteiger partial charge in [-0.3, -0.25) is 4.99 Å². The van der Waals surface area contributed by atoms with Crippen molar-refractivity contribution in [3.05, 3.63) is 48.3 Å². The summed E-state index contributed by atoms with van der Waals surface area (Å²) in [5.41, 5.74) is 5.21. The largest absolute Gasteiger partial charge is 0.386 e. The molecular formula is C16H15F3N4O. The van der Waals surface area contributed by atoms with Crippen molar-refractivity contribution >= 4 is 5.84 Å². The fraction of sp³-hybridized carbons (Fsp3) is 0.312. The summed E-state index contributed by atoms with van der Waals surface area (Å²) in [7, 11) is 0. The van der Waals surface area contributed by atoms with Gasteiger partial charge in [0.2, 0.25) is 0 Å². The van der Waals surface area contributed by atoms with Gasteiger partial charge in [0.05, 0.1) is 0 Å². The van der Waals surface area contributed by atoms with Crippen LogP contribution in [-0.2, 0) is 10.3 Å². The SMILES string of the molecule is C[C@]1(c2cc(-c3cncnc3)ccc2F)N=C(N)CO[C@H]1C(F)F. The summed E-state index contributed by atoms with van der Waals surface area (Å²) < 4.78 is 46.4. The molecule has 0 aliphatic carbocycles. The van der Waals surface area contributed by atoms with Crippen molar-refractivity contribution in [1.82, 2.24) is 9.97 Å². The molecule has 1 aliphatic rings. The van der Waals surface area contributed by atoms with E-state index < -0.39 is 23.9 Å². The van der Waals surface area contributed by atoms with Gasteiger partial charge >= 0.3 is 0 Å². The summed E-state index contributed by atoms with van der Waals surface area (Å²) >= 11 is 0. The van der Waals surface area contributed by atoms with Crippen molar-refractivity contribution in [2.75, 3.05) is 6.61 Å². The van der Waals surface area contributed by atoms with E-state index in [9.17, 15) is 13.2 Å². The molecule has 1 aromatic carbocycles. The van der Waals surface area contributed by atoms with Crippen LogP contribution in [0.1, 0.15) is 12.5 Å². The van der Waals surface area contributed by atoms with Crippen LogP contribution in [0.25, 0.3) is 11.1 Å². The Morgan fingerprint density at radius 2 is 1.96 bits per heavy atom. The van der Waals surface area contributed by atoms with E-state index in [4.69, 9.17) is 10.5 Å². The van der Waals surface area contributed by atoms with Crippen LogP contribution in [0.3, 0.4) is 0 Å². The molecule has 0 fully saturated rings. The van der Waals surface area contributed by atoms with Gasteiger partial charge in [-0.15, -0.1) is 0 Å². The molecule has 0 radical (unpaired) electrons. The van der Waals surface area contributed by atoms with E-state index in [1.807, 2.05) is 0 Å². The number of hydrogen-bond acceptors (Lipinski definition) is 5. The van der Waals surface area contributed by atoms with E-state index in [-0.39, 0.29) is 18.0 Å². The molecule has 2 heterocycles. The van der Waals surface area contributed by atoms with Crippen LogP contribution in [0, 0.1) is 5.82 Å². The summed E-state index contributed by atoms with van der Waals surface area (Å²) in [5, 5.41) is 0. The van der Waals surface area contributed by atoms with Crippen molar-refractivity contribution in [3.8, 4) is 11.1 Å². The minimum atomic E-state index is -2.84. The van der Waals surface area contributed by atoms with Crippen molar-refractivity contribution in [2.45, 2.75) is 25.0 Å². The van der Waals surface area contributed by atoms with Gasteiger partial charge in [-0.05, 0) is 24.6 Å². The molecule has 0 spiro atoms. The zero-order valence-corrected chi connectivity index (χ0v) is 12.8. The third-order valence-electron chi connectivity index (χ3n) is 3.98. The van der Waals surface area contributed by atoms with Crippen molar-refractivity contribution in [1.29, 1.82) is 0 Å². The van der Waals surface area contributed by atoms with Gasteiger partial charge in [0.1, 0.15) is 36.2 Å². The number of nitrogens with zero attached hydrogens (tertiary/aromatic N) is 3. The summed E-state index contributed by atoms with van der Waals surface area (Å²) in [6.07, 6.45) is 0.0245. The summed E-state index contributed by atoms with van der Waals surface area (Å²) in [6.45, 7) is 1.18. The number of alkyl halides is 2. The lowest BCUT2D eigenvalue weighted by atomic mass is 9.84. The molecule has 24 heavy (non-hydrogen) atoms. The molecule has 0 amide bonds. The Labute approximate surface area is 136 Å². The Kier molecular flexibility index (Phi) is 4.23. The first kappa shape index (κ1) is 16.4. The first-order chi connectivity index (χ1) is 11.4. The number of rotatable bonds is 3. The van der Waals surface area contributed by atoms with Crippen molar-refractivity contribution in [2.24, 2.45) is 10.7 Å². The average molecular weight is 336 g/mol. The van der Waals surface area contributed by atoms with Crippen LogP contribution in [0.5, 0.6) is 0 Å². The van der Waals surface area contributed by atoms with Crippen LogP contribution in [0.4, 0.5) is 13.2 Å². The van der Waals surface area contributed by atoms with Crippen LogP contribution in [0.15, 0.2) is 41.9 Å². The number of halogens is 3. The Hall–Kier alpha value is -2.48. The Morgan fingerprint density at radius 3 is 2.62 bits per heavy atom. The molecule has 5 nitrogen and oxygen atoms in total. The number of amidine groups is 1. The average Bonchev–Trinajstić information content (AvgIpc) is 2.55. The molecule has 2 aromatic rings. The third-order valence-corrected chi connectivity index (χ3v) is 3.98. The number of aromatic nitrogens is 2. The maximum absolute atomic E-state index is 14.4. The van der Waals surface area contributed by atoms with Crippen LogP contribution in [-0.4, -0.2) is 34.9 Å². The highest BCUT2D eigenvalue weighted by atomic mass is 19.3. The van der Waals surface area contributed by atoms with Gasteiger partial charge < -0.3 is 10.5 Å². The summed E-state index contributed by atoms with van der Waals surface area (Å²) in [4.78, 5) is 11.9. The van der Waals surface area contributed by atoms with Crippen LogP contribution in [0.2, 0.25) is 0 Å². The number of nitrogens with two attached hydrogens (primary N) is 1. The molecule has 8 heteroatoms.